The van der Waals surface area contributed by atoms with Gasteiger partial charge < -0.3 is 25.8 Å². The fourth-order valence-corrected chi connectivity index (χ4v) is 2.02. The highest BCUT2D eigenvalue weighted by Crippen LogP contribution is 2.20. The highest BCUT2D eigenvalue weighted by molar-refractivity contribution is 8.13. The van der Waals surface area contributed by atoms with Crippen LogP contribution < -0.4 is 11.5 Å². The number of nitrogens with two attached hydrogens (primary N) is 2. The molecular formula is C19H29N4O3PS2. The zero-order chi connectivity index (χ0) is 21.9. The van der Waals surface area contributed by atoms with Gasteiger partial charge in [0.05, 0.1) is 13.1 Å². The Morgan fingerprint density at radius 1 is 0.828 bits per heavy atom. The Bertz CT molecular complexity index is 648. The Morgan fingerprint density at radius 2 is 1.14 bits per heavy atom. The minimum atomic E-state index is -2.10. The number of nitrogens with zero attached hydrogens (tertiary/aromatic N) is 2. The second-order valence-corrected chi connectivity index (χ2v) is 7.65. The number of amidine groups is 2. The molecule has 0 aliphatic heterocycles. The van der Waals surface area contributed by atoms with Crippen molar-refractivity contribution in [1.29, 1.82) is 0 Å². The van der Waals surface area contributed by atoms with E-state index in [1.807, 2.05) is 73.2 Å². The molecule has 0 heterocycles. The van der Waals surface area contributed by atoms with Crippen molar-refractivity contribution < 1.29 is 14.3 Å². The van der Waals surface area contributed by atoms with E-state index in [0.717, 1.165) is 0 Å². The van der Waals surface area contributed by atoms with Crippen molar-refractivity contribution in [1.82, 2.24) is 0 Å². The standard InChI is InChI=1S/2C9H12N2S.CH5O3P/c2*1-12-9(10)11-7-8-5-3-2-4-6-8;1-4-5(2)3/h2*2-6H,7H2,1H3,(H2,10,11);2-3H,1H3. The van der Waals surface area contributed by atoms with Crippen molar-refractivity contribution in [2.45, 2.75) is 13.1 Å². The number of thioether (sulfide) groups is 2. The van der Waals surface area contributed by atoms with Crippen LogP contribution in [0.25, 0.3) is 0 Å². The summed E-state index contributed by atoms with van der Waals surface area (Å²) in [6.45, 7) is 1.35. The van der Waals surface area contributed by atoms with Crippen LogP contribution in [-0.4, -0.2) is 39.7 Å². The van der Waals surface area contributed by atoms with E-state index in [9.17, 15) is 0 Å². The van der Waals surface area contributed by atoms with Crippen molar-refractivity contribution in [2.24, 2.45) is 21.5 Å². The molecule has 0 fully saturated rings. The first-order valence-electron chi connectivity index (χ1n) is 8.40. The summed E-state index contributed by atoms with van der Waals surface area (Å²) in [5.74, 6) is 0. The number of rotatable bonds is 5. The summed E-state index contributed by atoms with van der Waals surface area (Å²) in [4.78, 5) is 23.9. The Hall–Kier alpha value is -1.61. The van der Waals surface area contributed by atoms with Gasteiger partial charge in [0.2, 0.25) is 0 Å². The van der Waals surface area contributed by atoms with Gasteiger partial charge in [0, 0.05) is 7.11 Å². The first-order chi connectivity index (χ1) is 13.9. The lowest BCUT2D eigenvalue weighted by Gasteiger charge is -1.96. The fourth-order valence-electron chi connectivity index (χ4n) is 1.63. The number of hydrogen-bond donors (Lipinski definition) is 4. The molecule has 160 valence electrons. The summed E-state index contributed by atoms with van der Waals surface area (Å²) in [5, 5.41) is 1.28. The molecule has 0 aliphatic rings. The minimum Gasteiger partial charge on any atom is -0.379 e. The molecule has 0 aliphatic carbocycles. The highest BCUT2D eigenvalue weighted by atomic mass is 32.2. The van der Waals surface area contributed by atoms with Gasteiger partial charge in [-0.3, -0.25) is 9.98 Å². The predicted molar refractivity (Wildman–Crippen MR) is 129 cm³/mol. The normalized spacial score (nSPS) is 11.2. The summed E-state index contributed by atoms with van der Waals surface area (Å²) >= 11 is 2.94. The van der Waals surface area contributed by atoms with Crippen LogP contribution in [0, 0.1) is 0 Å². The maximum Gasteiger partial charge on any atom is 0.326 e. The zero-order valence-electron chi connectivity index (χ0n) is 16.8. The molecule has 2 aromatic rings. The van der Waals surface area contributed by atoms with Gasteiger partial charge in [-0.25, -0.2) is 0 Å². The van der Waals surface area contributed by atoms with Crippen LogP contribution in [0.5, 0.6) is 0 Å². The molecule has 7 nitrogen and oxygen atoms in total. The van der Waals surface area contributed by atoms with E-state index in [1.54, 1.807) is 0 Å². The molecular weight excluding hydrogens is 427 g/mol. The molecule has 0 spiro atoms. The van der Waals surface area contributed by atoms with Gasteiger partial charge in [-0.2, -0.15) is 0 Å². The largest absolute Gasteiger partial charge is 0.379 e. The maximum atomic E-state index is 7.76. The molecule has 10 heteroatoms. The molecule has 2 rings (SSSR count). The van der Waals surface area contributed by atoms with Gasteiger partial charge in [-0.05, 0) is 23.6 Å². The van der Waals surface area contributed by atoms with Gasteiger partial charge in [-0.15, -0.1) is 0 Å². The van der Waals surface area contributed by atoms with Crippen LogP contribution in [0.15, 0.2) is 70.6 Å². The van der Waals surface area contributed by atoms with Crippen LogP contribution in [0.1, 0.15) is 11.1 Å². The average molecular weight is 457 g/mol. The molecule has 2 aromatic carbocycles. The predicted octanol–water partition coefficient (Wildman–Crippen LogP) is 3.57. The van der Waals surface area contributed by atoms with E-state index < -0.39 is 8.60 Å². The lowest BCUT2D eigenvalue weighted by molar-refractivity contribution is 0.310. The second kappa shape index (κ2) is 18.4. The zero-order valence-corrected chi connectivity index (χ0v) is 19.3. The summed E-state index contributed by atoms with van der Waals surface area (Å²) in [5.41, 5.74) is 13.4. The molecule has 6 N–H and O–H groups in total. The molecule has 29 heavy (non-hydrogen) atoms. The Labute approximate surface area is 182 Å². The van der Waals surface area contributed by atoms with Gasteiger partial charge in [0.15, 0.2) is 10.3 Å². The van der Waals surface area contributed by atoms with E-state index in [0.29, 0.717) is 23.4 Å². The Morgan fingerprint density at radius 3 is 1.38 bits per heavy atom. The number of aliphatic imine (C=N–C) groups is 2. The average Bonchev–Trinajstić information content (AvgIpc) is 2.78. The van der Waals surface area contributed by atoms with Crippen molar-refractivity contribution in [3.8, 4) is 0 Å². The second-order valence-electron chi connectivity index (χ2n) is 5.12. The SMILES string of the molecule is COP(O)O.CSC(N)=NCc1ccccc1.CSC(N)=NCc1ccccc1. The molecule has 0 bridgehead atoms. The van der Waals surface area contributed by atoms with Gasteiger partial charge >= 0.3 is 8.60 Å². The van der Waals surface area contributed by atoms with Gasteiger partial charge in [0.1, 0.15) is 0 Å². The first kappa shape index (κ1) is 27.4. The molecule has 0 radical (unpaired) electrons. The quantitative estimate of drug-likeness (QED) is 0.308. The van der Waals surface area contributed by atoms with Crippen LogP contribution >= 0.6 is 32.1 Å². The van der Waals surface area contributed by atoms with E-state index in [-0.39, 0.29) is 0 Å². The van der Waals surface area contributed by atoms with Crippen molar-refractivity contribution in [3.05, 3.63) is 71.8 Å². The van der Waals surface area contributed by atoms with Gasteiger partial charge in [-0.1, -0.05) is 84.2 Å². The Kier molecular flexibility index (Phi) is 17.4. The van der Waals surface area contributed by atoms with Crippen molar-refractivity contribution in [2.75, 3.05) is 19.6 Å². The Balaban J connectivity index is 0.000000442. The summed E-state index contributed by atoms with van der Waals surface area (Å²) in [6, 6.07) is 20.1. The van der Waals surface area contributed by atoms with E-state index >= 15 is 0 Å². The van der Waals surface area contributed by atoms with Crippen LogP contribution in [0.3, 0.4) is 0 Å². The first-order valence-corrected chi connectivity index (χ1v) is 12.0. The molecule has 0 aromatic heterocycles. The van der Waals surface area contributed by atoms with Gasteiger partial charge in [0.25, 0.3) is 0 Å². The maximum absolute atomic E-state index is 7.76. The van der Waals surface area contributed by atoms with Crippen molar-refractivity contribution in [3.63, 3.8) is 0 Å². The van der Waals surface area contributed by atoms with Crippen LogP contribution in [0.2, 0.25) is 0 Å². The van der Waals surface area contributed by atoms with Crippen LogP contribution in [-0.2, 0) is 17.6 Å². The number of hydrogen-bond acceptors (Lipinski definition) is 7. The topological polar surface area (TPSA) is 126 Å². The lowest BCUT2D eigenvalue weighted by atomic mass is 10.2. The molecule has 0 unspecified atom stereocenters. The monoisotopic (exact) mass is 456 g/mol. The van der Waals surface area contributed by atoms with Crippen molar-refractivity contribution >= 4 is 42.5 Å². The van der Waals surface area contributed by atoms with E-state index in [2.05, 4.69) is 14.5 Å². The fraction of sp³-hybridized carbons (Fsp3) is 0.263. The van der Waals surface area contributed by atoms with Crippen LogP contribution in [0.4, 0.5) is 0 Å². The summed E-state index contributed by atoms with van der Waals surface area (Å²) in [6.07, 6.45) is 3.84. The highest BCUT2D eigenvalue weighted by Gasteiger charge is 1.90. The summed E-state index contributed by atoms with van der Waals surface area (Å²) < 4.78 is 3.93. The molecule has 0 saturated carbocycles. The summed E-state index contributed by atoms with van der Waals surface area (Å²) in [7, 11) is -0.870. The van der Waals surface area contributed by atoms with E-state index in [1.165, 1.54) is 41.8 Å². The number of benzene rings is 2. The smallest absolute Gasteiger partial charge is 0.326 e. The lowest BCUT2D eigenvalue weighted by Crippen LogP contribution is -2.05. The van der Waals surface area contributed by atoms with E-state index in [4.69, 9.17) is 21.3 Å². The molecule has 0 atom stereocenters. The minimum absolute atomic E-state index is 0.638. The third-order valence-electron chi connectivity index (χ3n) is 3.10. The molecule has 0 saturated heterocycles. The third kappa shape index (κ3) is 17.0. The third-order valence-corrected chi connectivity index (χ3v) is 4.52. The molecule has 0 amide bonds.